The molecule has 1 aliphatic rings. The van der Waals surface area contributed by atoms with Crippen LogP contribution in [0.4, 0.5) is 0 Å². The van der Waals surface area contributed by atoms with Crippen molar-refractivity contribution in [2.24, 2.45) is 0 Å². The van der Waals surface area contributed by atoms with E-state index < -0.39 is 75.2 Å². The van der Waals surface area contributed by atoms with Gasteiger partial charge in [-0.05, 0) is 70.6 Å². The molecule has 13 nitrogen and oxygen atoms in total. The van der Waals surface area contributed by atoms with Gasteiger partial charge in [0.25, 0.3) is 0 Å². The van der Waals surface area contributed by atoms with Crippen molar-refractivity contribution in [1.82, 2.24) is 5.32 Å². The van der Waals surface area contributed by atoms with E-state index in [1.54, 1.807) is 6.08 Å². The Morgan fingerprint density at radius 1 is 0.593 bits per heavy atom. The number of carbonyl (C=O) groups excluding carboxylic acids is 1. The highest BCUT2D eigenvalue weighted by Gasteiger charge is 2.51. The zero-order valence-electron chi connectivity index (χ0n) is 36.2. The number of nitrogens with one attached hydrogen (secondary N) is 1. The largest absolute Gasteiger partial charge is 0.472 e. The van der Waals surface area contributed by atoms with E-state index in [1.807, 2.05) is 0 Å². The normalized spacial score (nSPS) is 24.0. The third kappa shape index (κ3) is 27.0. The van der Waals surface area contributed by atoms with Crippen molar-refractivity contribution in [3.63, 3.8) is 0 Å². The monoisotopic (exact) mass is 860 g/mol. The first kappa shape index (κ1) is 55.3. The number of aliphatic hydroxyl groups is 7. The average Bonchev–Trinajstić information content (AvgIpc) is 3.21. The molecule has 1 aliphatic carbocycles. The standard InChI is InChI=1S/C45H82NO12P/c1-3-5-7-9-11-13-15-16-17-18-19-20-21-22-23-25-27-29-31-33-38(48)37(35-57-59(55,56)58-45-43(53)41(51)40(50)42(52)44(45)54)46-39(49)34-36(47)32-30-28-26-24-14-12-10-8-6-4-2/h12,14,19-20,23,25,31,33,36-38,40-45,47-48,50-54H,3-11,13,15-18,21-22,24,26-30,32,34-35H2,1-2H3,(H,46,49)(H,55,56)/b14-12-,20-19+,25-23+,33-31+. The van der Waals surface area contributed by atoms with Crippen molar-refractivity contribution >= 4 is 13.7 Å². The van der Waals surface area contributed by atoms with Gasteiger partial charge in [-0.15, -0.1) is 0 Å². The van der Waals surface area contributed by atoms with Crippen molar-refractivity contribution in [2.45, 2.75) is 223 Å². The van der Waals surface area contributed by atoms with Crippen LogP contribution >= 0.6 is 7.82 Å². The van der Waals surface area contributed by atoms with Gasteiger partial charge >= 0.3 is 7.82 Å². The zero-order valence-corrected chi connectivity index (χ0v) is 37.0. The van der Waals surface area contributed by atoms with Gasteiger partial charge in [-0.1, -0.05) is 140 Å². The van der Waals surface area contributed by atoms with Gasteiger partial charge in [0.15, 0.2) is 0 Å². The van der Waals surface area contributed by atoms with Crippen LogP contribution in [0.1, 0.15) is 168 Å². The summed E-state index contributed by atoms with van der Waals surface area (Å²) >= 11 is 0. The molecule has 1 fully saturated rings. The molecule has 0 saturated heterocycles. The van der Waals surface area contributed by atoms with Crippen LogP contribution in [0.5, 0.6) is 0 Å². The Labute approximate surface area is 355 Å². The van der Waals surface area contributed by atoms with E-state index in [0.717, 1.165) is 51.4 Å². The van der Waals surface area contributed by atoms with Gasteiger partial charge in [0.2, 0.25) is 5.91 Å². The lowest BCUT2D eigenvalue weighted by atomic mass is 9.85. The minimum Gasteiger partial charge on any atom is -0.393 e. The van der Waals surface area contributed by atoms with Crippen molar-refractivity contribution in [2.75, 3.05) is 6.61 Å². The van der Waals surface area contributed by atoms with E-state index in [2.05, 4.69) is 55.6 Å². The third-order valence-electron chi connectivity index (χ3n) is 10.6. The number of hydrogen-bond acceptors (Lipinski definition) is 11. The van der Waals surface area contributed by atoms with E-state index in [4.69, 9.17) is 9.05 Å². The number of hydrogen-bond donors (Lipinski definition) is 9. The van der Waals surface area contributed by atoms with Crippen LogP contribution in [-0.2, 0) is 18.4 Å². The van der Waals surface area contributed by atoms with Crippen molar-refractivity contribution in [1.29, 1.82) is 0 Å². The number of amides is 1. The molecule has 0 spiro atoms. The summed E-state index contributed by atoms with van der Waals surface area (Å²) in [6.07, 6.45) is 26.4. The first-order valence-electron chi connectivity index (χ1n) is 22.7. The maximum absolute atomic E-state index is 12.9. The maximum atomic E-state index is 12.9. The van der Waals surface area contributed by atoms with Crippen LogP contribution in [0.2, 0.25) is 0 Å². The minimum absolute atomic E-state index is 0.269. The summed E-state index contributed by atoms with van der Waals surface area (Å²) < 4.78 is 22.8. The molecule has 0 radical (unpaired) electrons. The molecule has 59 heavy (non-hydrogen) atoms. The van der Waals surface area contributed by atoms with Crippen LogP contribution in [0.15, 0.2) is 48.6 Å². The van der Waals surface area contributed by atoms with Crippen LogP contribution in [0, 0.1) is 0 Å². The molecule has 0 bridgehead atoms. The molecule has 0 aromatic rings. The molecule has 8 unspecified atom stereocenters. The SMILES string of the molecule is CCCCC/C=C\CCCCCC(O)CC(=O)NC(COP(=O)(O)OC1C(O)C(O)C(O)C(O)C1O)C(O)/C=C/CC/C=C/CC/C=C/CCCCCCCCCCC. The number of unbranched alkanes of at least 4 members (excludes halogenated alkanes) is 17. The lowest BCUT2D eigenvalue weighted by Gasteiger charge is -2.41. The van der Waals surface area contributed by atoms with Gasteiger partial charge in [-0.3, -0.25) is 13.8 Å². The molecule has 1 rings (SSSR count). The molecule has 0 aromatic heterocycles. The first-order valence-corrected chi connectivity index (χ1v) is 24.2. The van der Waals surface area contributed by atoms with E-state index in [9.17, 15) is 50.0 Å². The van der Waals surface area contributed by atoms with E-state index in [1.165, 1.54) is 83.1 Å². The van der Waals surface area contributed by atoms with Crippen molar-refractivity contribution < 1.29 is 59.0 Å². The van der Waals surface area contributed by atoms with Gasteiger partial charge < -0.3 is 46.0 Å². The second kappa shape index (κ2) is 34.8. The first-order chi connectivity index (χ1) is 28.3. The zero-order chi connectivity index (χ0) is 43.7. The molecular weight excluding hydrogens is 777 g/mol. The molecular formula is C45H82NO12P. The average molecular weight is 860 g/mol. The summed E-state index contributed by atoms with van der Waals surface area (Å²) in [5.74, 6) is -0.620. The smallest absolute Gasteiger partial charge is 0.393 e. The number of phosphoric acid groups is 1. The van der Waals surface area contributed by atoms with Gasteiger partial charge in [-0.25, -0.2) is 4.57 Å². The quantitative estimate of drug-likeness (QED) is 0.0174. The van der Waals surface area contributed by atoms with Crippen LogP contribution in [0.25, 0.3) is 0 Å². The lowest BCUT2D eigenvalue weighted by Crippen LogP contribution is -2.64. The van der Waals surface area contributed by atoms with E-state index in [-0.39, 0.29) is 6.42 Å². The number of phosphoric ester groups is 1. The molecule has 14 heteroatoms. The Balaban J connectivity index is 2.61. The number of allylic oxidation sites excluding steroid dienone is 7. The van der Waals surface area contributed by atoms with Gasteiger partial charge in [-0.2, -0.15) is 0 Å². The molecule has 1 saturated carbocycles. The van der Waals surface area contributed by atoms with Crippen molar-refractivity contribution in [3.05, 3.63) is 48.6 Å². The molecule has 0 aliphatic heterocycles. The fourth-order valence-corrected chi connectivity index (χ4v) is 7.82. The van der Waals surface area contributed by atoms with Crippen LogP contribution in [-0.4, -0.2) is 108 Å². The van der Waals surface area contributed by atoms with Gasteiger partial charge in [0.05, 0.1) is 31.3 Å². The summed E-state index contributed by atoms with van der Waals surface area (Å²) in [4.78, 5) is 23.4. The lowest BCUT2D eigenvalue weighted by molar-refractivity contribution is -0.220. The number of aliphatic hydroxyl groups excluding tert-OH is 7. The molecule has 344 valence electrons. The predicted octanol–water partition coefficient (Wildman–Crippen LogP) is 7.14. The Bertz CT molecular complexity index is 1200. The highest BCUT2D eigenvalue weighted by atomic mass is 31.2. The van der Waals surface area contributed by atoms with Crippen LogP contribution in [0.3, 0.4) is 0 Å². The Morgan fingerprint density at radius 2 is 1.00 bits per heavy atom. The van der Waals surface area contributed by atoms with E-state index >= 15 is 0 Å². The fourth-order valence-electron chi connectivity index (χ4n) is 6.85. The Kier molecular flexibility index (Phi) is 32.6. The summed E-state index contributed by atoms with van der Waals surface area (Å²) in [6.45, 7) is 3.66. The summed E-state index contributed by atoms with van der Waals surface area (Å²) in [5.41, 5.74) is 0. The summed E-state index contributed by atoms with van der Waals surface area (Å²) in [6, 6.07) is -1.27. The summed E-state index contributed by atoms with van der Waals surface area (Å²) in [5, 5.41) is 74.3. The molecule has 0 heterocycles. The second-order valence-corrected chi connectivity index (χ2v) is 17.5. The number of carbonyl (C=O) groups is 1. The van der Waals surface area contributed by atoms with Gasteiger partial charge in [0, 0.05) is 0 Å². The molecule has 8 atom stereocenters. The minimum atomic E-state index is -5.15. The Hall–Kier alpha value is -1.74. The highest BCUT2D eigenvalue weighted by Crippen LogP contribution is 2.47. The maximum Gasteiger partial charge on any atom is 0.472 e. The number of rotatable bonds is 36. The fraction of sp³-hybridized carbons (Fsp3) is 0.800. The van der Waals surface area contributed by atoms with Crippen molar-refractivity contribution in [3.8, 4) is 0 Å². The predicted molar refractivity (Wildman–Crippen MR) is 233 cm³/mol. The van der Waals surface area contributed by atoms with Gasteiger partial charge in [0.1, 0.15) is 36.6 Å². The third-order valence-corrected chi connectivity index (χ3v) is 11.6. The molecule has 0 aromatic carbocycles. The summed E-state index contributed by atoms with van der Waals surface area (Å²) in [7, 11) is -5.15. The molecule has 9 N–H and O–H groups in total. The Morgan fingerprint density at radius 3 is 1.53 bits per heavy atom. The molecule has 1 amide bonds. The topological polar surface area (TPSA) is 226 Å². The second-order valence-electron chi connectivity index (χ2n) is 16.1. The van der Waals surface area contributed by atoms with Crippen LogP contribution < -0.4 is 5.32 Å². The highest BCUT2D eigenvalue weighted by molar-refractivity contribution is 7.47. The van der Waals surface area contributed by atoms with E-state index in [0.29, 0.717) is 19.3 Å².